The summed E-state index contributed by atoms with van der Waals surface area (Å²) in [6.07, 6.45) is -4.69. The number of oxazole rings is 1. The van der Waals surface area contributed by atoms with Gasteiger partial charge in [0.1, 0.15) is 16.1 Å². The van der Waals surface area contributed by atoms with Crippen molar-refractivity contribution in [1.29, 1.82) is 0 Å². The van der Waals surface area contributed by atoms with E-state index >= 15 is 0 Å². The van der Waals surface area contributed by atoms with E-state index in [4.69, 9.17) is 13.9 Å². The van der Waals surface area contributed by atoms with E-state index < -0.39 is 17.9 Å². The second-order valence-electron chi connectivity index (χ2n) is 9.71. The molecule has 3 aliphatic heterocycles. The average Bonchev–Trinajstić information content (AvgIpc) is 3.42. The van der Waals surface area contributed by atoms with Gasteiger partial charge < -0.3 is 18.8 Å². The lowest BCUT2D eigenvalue weighted by Gasteiger charge is -2.55. The van der Waals surface area contributed by atoms with Gasteiger partial charge in [0.25, 0.3) is 6.01 Å². The van der Waals surface area contributed by atoms with Gasteiger partial charge in [-0.2, -0.15) is 18.2 Å². The summed E-state index contributed by atoms with van der Waals surface area (Å²) >= 11 is 1.35. The number of aromatic nitrogens is 2. The number of benzene rings is 1. The third kappa shape index (κ3) is 4.33. The summed E-state index contributed by atoms with van der Waals surface area (Å²) in [6.45, 7) is 6.33. The molecule has 35 heavy (non-hydrogen) atoms. The number of carbonyl (C=O) groups excluding carboxylic acids is 1. The van der Waals surface area contributed by atoms with Crippen LogP contribution in [0.4, 0.5) is 24.0 Å². The third-order valence-corrected chi connectivity index (χ3v) is 6.92. The molecular formula is C23H25F3N4O4S. The monoisotopic (exact) mass is 510 g/mol. The first kappa shape index (κ1) is 23.9. The molecule has 12 heteroatoms. The van der Waals surface area contributed by atoms with Crippen molar-refractivity contribution in [3.8, 4) is 10.6 Å². The minimum atomic E-state index is -4.62. The molecule has 8 nitrogen and oxygen atoms in total. The molecule has 3 aromatic rings. The molecule has 3 atom stereocenters. The Kier molecular flexibility index (Phi) is 5.71. The predicted molar refractivity (Wildman–Crippen MR) is 123 cm³/mol. The fraction of sp³-hybridized carbons (Fsp3) is 0.522. The van der Waals surface area contributed by atoms with E-state index in [2.05, 4.69) is 9.97 Å². The molecule has 2 aromatic heterocycles. The van der Waals surface area contributed by atoms with E-state index in [0.29, 0.717) is 23.7 Å². The maximum absolute atomic E-state index is 13.7. The zero-order valence-corrected chi connectivity index (χ0v) is 20.4. The fourth-order valence-electron chi connectivity index (χ4n) is 4.70. The number of ether oxygens (including phenoxy) is 2. The summed E-state index contributed by atoms with van der Waals surface area (Å²) in [7, 11) is 1.02. The van der Waals surface area contributed by atoms with Crippen LogP contribution in [0, 0.1) is 0 Å². The maximum atomic E-state index is 13.7. The van der Waals surface area contributed by atoms with Crippen LogP contribution in [0.1, 0.15) is 38.9 Å². The Morgan fingerprint density at radius 1 is 1.23 bits per heavy atom. The minimum Gasteiger partial charge on any atom is -0.444 e. The smallest absolute Gasteiger partial charge is 0.418 e. The van der Waals surface area contributed by atoms with Crippen molar-refractivity contribution in [2.75, 3.05) is 25.1 Å². The van der Waals surface area contributed by atoms with Crippen LogP contribution in [0.5, 0.6) is 0 Å². The van der Waals surface area contributed by atoms with Crippen molar-refractivity contribution >= 4 is 34.5 Å². The number of thiazole rings is 1. The van der Waals surface area contributed by atoms with Gasteiger partial charge >= 0.3 is 12.3 Å². The van der Waals surface area contributed by atoms with Gasteiger partial charge in [-0.25, -0.2) is 9.78 Å². The Morgan fingerprint density at radius 2 is 1.94 bits per heavy atom. The molecule has 0 spiro atoms. The standard InChI is InChI=1S/C23H25F3N4O4S/c1-22(2,3)34-21(31)30-12-9-13(30)11-29(10-12)20-28-16-14(18(32-4)23(24,25)26)5-6-15(17(16)33-20)19-27-7-8-35-19/h5-8,12-13,18H,9-11H2,1-4H3. The van der Waals surface area contributed by atoms with Gasteiger partial charge in [-0.05, 0) is 33.3 Å². The number of halogens is 3. The van der Waals surface area contributed by atoms with Gasteiger partial charge in [-0.3, -0.25) is 4.90 Å². The largest absolute Gasteiger partial charge is 0.444 e. The number of piperidine rings is 1. The van der Waals surface area contributed by atoms with Crippen LogP contribution in [0.15, 0.2) is 28.1 Å². The molecular weight excluding hydrogens is 485 g/mol. The van der Waals surface area contributed by atoms with Crippen molar-refractivity contribution in [1.82, 2.24) is 14.9 Å². The first-order valence-electron chi connectivity index (χ1n) is 11.2. The van der Waals surface area contributed by atoms with E-state index in [9.17, 15) is 18.0 Å². The van der Waals surface area contributed by atoms with Crippen LogP contribution < -0.4 is 4.90 Å². The molecule has 1 amide bonds. The molecule has 6 rings (SSSR count). The van der Waals surface area contributed by atoms with Crippen molar-refractivity contribution in [3.63, 3.8) is 0 Å². The number of amides is 1. The highest BCUT2D eigenvalue weighted by Gasteiger charge is 2.50. The molecule has 1 aromatic carbocycles. The summed E-state index contributed by atoms with van der Waals surface area (Å²) in [6, 6.07) is 2.96. The molecule has 0 aliphatic carbocycles. The fourth-order valence-corrected chi connectivity index (χ4v) is 5.36. The Morgan fingerprint density at radius 3 is 2.51 bits per heavy atom. The number of methoxy groups -OCH3 is 1. The average molecular weight is 511 g/mol. The van der Waals surface area contributed by atoms with E-state index in [1.54, 1.807) is 22.5 Å². The number of carbonyl (C=O) groups is 1. The molecule has 0 radical (unpaired) electrons. The normalized spacial score (nSPS) is 21.2. The van der Waals surface area contributed by atoms with Gasteiger partial charge in [0.2, 0.25) is 0 Å². The summed E-state index contributed by atoms with van der Waals surface area (Å²) in [5, 5.41) is 2.39. The lowest BCUT2D eigenvalue weighted by molar-refractivity contribution is -0.215. The van der Waals surface area contributed by atoms with E-state index in [-0.39, 0.29) is 40.9 Å². The molecule has 2 bridgehead atoms. The SMILES string of the molecule is COC(c1ccc(-c2nccs2)c2oc(N3CC4CC(C3)N4C(=O)OC(C)(C)C)nc12)C(F)(F)F. The zero-order valence-electron chi connectivity index (χ0n) is 19.6. The van der Waals surface area contributed by atoms with Crippen LogP contribution >= 0.6 is 11.3 Å². The molecule has 3 unspecified atom stereocenters. The lowest BCUT2D eigenvalue weighted by Crippen LogP contribution is -2.70. The number of alkyl halides is 3. The van der Waals surface area contributed by atoms with Crippen molar-refractivity contribution < 1.29 is 31.9 Å². The van der Waals surface area contributed by atoms with Crippen LogP contribution in [0.25, 0.3) is 21.7 Å². The van der Waals surface area contributed by atoms with Gasteiger partial charge in [0.05, 0.1) is 17.6 Å². The number of hydrogen-bond donors (Lipinski definition) is 0. The number of anilines is 1. The topological polar surface area (TPSA) is 80.9 Å². The molecule has 0 N–H and O–H groups in total. The number of piperazine rings is 1. The summed E-state index contributed by atoms with van der Waals surface area (Å²) in [5.74, 6) is 0. The highest BCUT2D eigenvalue weighted by Crippen LogP contribution is 2.43. The third-order valence-electron chi connectivity index (χ3n) is 6.11. The maximum Gasteiger partial charge on any atom is 0.418 e. The number of rotatable bonds is 4. The number of fused-ring (bicyclic) bond motifs is 3. The van der Waals surface area contributed by atoms with Crippen LogP contribution in [-0.4, -0.2) is 65.0 Å². The zero-order chi connectivity index (χ0) is 25.1. The summed E-state index contributed by atoms with van der Waals surface area (Å²) < 4.78 is 57.5. The first-order valence-corrected chi connectivity index (χ1v) is 12.0. The van der Waals surface area contributed by atoms with E-state index in [1.165, 1.54) is 17.4 Å². The lowest BCUT2D eigenvalue weighted by atomic mass is 9.88. The van der Waals surface area contributed by atoms with Crippen LogP contribution in [-0.2, 0) is 9.47 Å². The van der Waals surface area contributed by atoms with Gasteiger partial charge in [-0.15, -0.1) is 11.3 Å². The van der Waals surface area contributed by atoms with Crippen molar-refractivity contribution in [3.05, 3.63) is 29.3 Å². The Hall–Kier alpha value is -2.86. The number of hydrogen-bond acceptors (Lipinski definition) is 8. The Bertz CT molecular complexity index is 1230. The second-order valence-corrected chi connectivity index (χ2v) is 10.6. The molecule has 0 saturated carbocycles. The molecule has 5 heterocycles. The summed E-state index contributed by atoms with van der Waals surface area (Å²) in [4.78, 5) is 25.0. The number of nitrogens with zero attached hydrogens (tertiary/aromatic N) is 4. The highest BCUT2D eigenvalue weighted by molar-refractivity contribution is 7.13. The summed E-state index contributed by atoms with van der Waals surface area (Å²) in [5.41, 5.74) is 0.150. The van der Waals surface area contributed by atoms with Gasteiger partial charge in [0.15, 0.2) is 11.7 Å². The van der Waals surface area contributed by atoms with Gasteiger partial charge in [0, 0.05) is 37.3 Å². The quantitative estimate of drug-likeness (QED) is 0.465. The van der Waals surface area contributed by atoms with E-state index in [1.807, 2.05) is 25.7 Å². The molecule has 3 fully saturated rings. The van der Waals surface area contributed by atoms with Crippen molar-refractivity contribution in [2.45, 2.75) is 57.2 Å². The van der Waals surface area contributed by atoms with Crippen LogP contribution in [0.2, 0.25) is 0 Å². The molecule has 3 aliphatic rings. The Labute approximate surface area is 203 Å². The Balaban J connectivity index is 1.49. The van der Waals surface area contributed by atoms with Crippen LogP contribution in [0.3, 0.4) is 0 Å². The predicted octanol–water partition coefficient (Wildman–Crippen LogP) is 5.40. The van der Waals surface area contributed by atoms with E-state index in [0.717, 1.165) is 13.5 Å². The first-order chi connectivity index (χ1) is 16.5. The minimum absolute atomic E-state index is 0.0834. The molecule has 3 saturated heterocycles. The highest BCUT2D eigenvalue weighted by atomic mass is 32.1. The van der Waals surface area contributed by atoms with Gasteiger partial charge in [-0.1, -0.05) is 6.07 Å². The molecule has 188 valence electrons. The van der Waals surface area contributed by atoms with Crippen molar-refractivity contribution in [2.24, 2.45) is 0 Å². The second kappa shape index (κ2) is 8.37.